The maximum absolute atomic E-state index is 12.8. The summed E-state index contributed by atoms with van der Waals surface area (Å²) >= 11 is 0. The molecule has 0 bridgehead atoms. The van der Waals surface area contributed by atoms with E-state index in [2.05, 4.69) is 5.32 Å². The largest absolute Gasteiger partial charge is 0.349 e. The van der Waals surface area contributed by atoms with Crippen molar-refractivity contribution in [2.45, 2.75) is 19.4 Å². The summed E-state index contributed by atoms with van der Waals surface area (Å²) in [7, 11) is 0. The van der Waals surface area contributed by atoms with Crippen molar-refractivity contribution in [2.24, 2.45) is 0 Å². The first kappa shape index (κ1) is 14.2. The molecule has 0 fully saturated rings. The Hall–Kier alpha value is -2.23. The summed E-state index contributed by atoms with van der Waals surface area (Å²) < 4.78 is 25.6. The van der Waals surface area contributed by atoms with Gasteiger partial charge in [-0.1, -0.05) is 12.1 Å². The summed E-state index contributed by atoms with van der Waals surface area (Å²) in [5.41, 5.74) is 1.36. The van der Waals surface area contributed by atoms with Crippen LogP contribution in [0.4, 0.5) is 8.78 Å². The van der Waals surface area contributed by atoms with Crippen LogP contribution in [-0.2, 0) is 6.42 Å². The van der Waals surface area contributed by atoms with Crippen molar-refractivity contribution in [2.75, 3.05) is 0 Å². The van der Waals surface area contributed by atoms with Crippen LogP contribution < -0.4 is 5.32 Å². The lowest BCUT2D eigenvalue weighted by atomic mass is 10.1. The summed E-state index contributed by atoms with van der Waals surface area (Å²) in [6.45, 7) is 1.87. The Balaban J connectivity index is 1.93. The minimum absolute atomic E-state index is 0.0991. The van der Waals surface area contributed by atoms with E-state index in [1.807, 2.05) is 6.92 Å². The molecule has 1 atom stereocenters. The number of amides is 1. The van der Waals surface area contributed by atoms with Crippen molar-refractivity contribution in [1.29, 1.82) is 0 Å². The summed E-state index contributed by atoms with van der Waals surface area (Å²) in [6.07, 6.45) is 0.604. The van der Waals surface area contributed by atoms with Crippen LogP contribution in [0.1, 0.15) is 22.8 Å². The van der Waals surface area contributed by atoms with Gasteiger partial charge < -0.3 is 5.32 Å². The van der Waals surface area contributed by atoms with Gasteiger partial charge in [-0.2, -0.15) is 0 Å². The Labute approximate surface area is 116 Å². The number of halogens is 2. The normalized spacial score (nSPS) is 11.9. The van der Waals surface area contributed by atoms with Crippen molar-refractivity contribution in [1.82, 2.24) is 5.32 Å². The van der Waals surface area contributed by atoms with E-state index < -0.39 is 0 Å². The molecule has 1 amide bonds. The number of carbonyl (C=O) groups excluding carboxylic acids is 1. The second-order valence-corrected chi connectivity index (χ2v) is 4.71. The number of hydrogen-bond donors (Lipinski definition) is 1. The standard InChI is InChI=1S/C16H15F2NO/c1-11(10-12-2-6-14(17)7-3-12)19-16(20)13-4-8-15(18)9-5-13/h2-9,11H,10H2,1H3,(H,19,20). The molecule has 0 aliphatic rings. The predicted octanol–water partition coefficient (Wildman–Crippen LogP) is 3.33. The fraction of sp³-hybridized carbons (Fsp3) is 0.188. The van der Waals surface area contributed by atoms with Crippen LogP contribution in [0.5, 0.6) is 0 Å². The molecule has 4 heteroatoms. The quantitative estimate of drug-likeness (QED) is 0.911. The van der Waals surface area contributed by atoms with Crippen molar-refractivity contribution in [3.05, 3.63) is 71.3 Å². The van der Waals surface area contributed by atoms with Gasteiger partial charge in [0.05, 0.1) is 0 Å². The van der Waals surface area contributed by atoms with E-state index in [1.165, 1.54) is 36.4 Å². The lowest BCUT2D eigenvalue weighted by molar-refractivity contribution is 0.0940. The number of hydrogen-bond acceptors (Lipinski definition) is 1. The summed E-state index contributed by atoms with van der Waals surface area (Å²) in [4.78, 5) is 11.9. The Morgan fingerprint density at radius 1 is 1.00 bits per heavy atom. The lowest BCUT2D eigenvalue weighted by Crippen LogP contribution is -2.34. The Bertz CT molecular complexity index is 578. The maximum atomic E-state index is 12.8. The van der Waals surface area contributed by atoms with Crippen LogP contribution in [0.2, 0.25) is 0 Å². The molecule has 0 aliphatic carbocycles. The van der Waals surface area contributed by atoms with Gasteiger partial charge in [-0.15, -0.1) is 0 Å². The first-order valence-electron chi connectivity index (χ1n) is 6.35. The van der Waals surface area contributed by atoms with E-state index in [9.17, 15) is 13.6 Å². The minimum atomic E-state index is -0.374. The van der Waals surface area contributed by atoms with Crippen molar-refractivity contribution in [3.8, 4) is 0 Å². The van der Waals surface area contributed by atoms with E-state index in [0.29, 0.717) is 12.0 Å². The molecule has 0 saturated carbocycles. The summed E-state index contributed by atoms with van der Waals surface area (Å²) in [5, 5.41) is 2.82. The van der Waals surface area contributed by atoms with E-state index in [-0.39, 0.29) is 23.6 Å². The highest BCUT2D eigenvalue weighted by Gasteiger charge is 2.10. The van der Waals surface area contributed by atoms with Crippen LogP contribution in [0.25, 0.3) is 0 Å². The average molecular weight is 275 g/mol. The third kappa shape index (κ3) is 3.88. The van der Waals surface area contributed by atoms with Crippen LogP contribution in [-0.4, -0.2) is 11.9 Å². The number of carbonyl (C=O) groups is 1. The molecule has 0 saturated heterocycles. The monoisotopic (exact) mass is 275 g/mol. The molecule has 104 valence electrons. The highest BCUT2D eigenvalue weighted by molar-refractivity contribution is 5.94. The molecular weight excluding hydrogens is 260 g/mol. The molecule has 2 rings (SSSR count). The molecule has 2 nitrogen and oxygen atoms in total. The highest BCUT2D eigenvalue weighted by atomic mass is 19.1. The van der Waals surface area contributed by atoms with Gasteiger partial charge >= 0.3 is 0 Å². The average Bonchev–Trinajstić information content (AvgIpc) is 2.42. The SMILES string of the molecule is CC(Cc1ccc(F)cc1)NC(=O)c1ccc(F)cc1. The van der Waals surface area contributed by atoms with Crippen LogP contribution in [0, 0.1) is 11.6 Å². The number of benzene rings is 2. The van der Waals surface area contributed by atoms with Gasteiger partial charge in [0, 0.05) is 11.6 Å². The summed E-state index contributed by atoms with van der Waals surface area (Å²) in [5.74, 6) is -0.905. The van der Waals surface area contributed by atoms with Gasteiger partial charge in [-0.25, -0.2) is 8.78 Å². The maximum Gasteiger partial charge on any atom is 0.251 e. The van der Waals surface area contributed by atoms with Crippen LogP contribution >= 0.6 is 0 Å². The molecule has 20 heavy (non-hydrogen) atoms. The molecular formula is C16H15F2NO. The topological polar surface area (TPSA) is 29.1 Å². The van der Waals surface area contributed by atoms with E-state index in [1.54, 1.807) is 12.1 Å². The van der Waals surface area contributed by atoms with E-state index in [4.69, 9.17) is 0 Å². The fourth-order valence-electron chi connectivity index (χ4n) is 1.93. The fourth-order valence-corrected chi connectivity index (χ4v) is 1.93. The molecule has 0 radical (unpaired) electrons. The minimum Gasteiger partial charge on any atom is -0.349 e. The van der Waals surface area contributed by atoms with E-state index in [0.717, 1.165) is 5.56 Å². The number of rotatable bonds is 4. The van der Waals surface area contributed by atoms with E-state index >= 15 is 0 Å². The van der Waals surface area contributed by atoms with Gasteiger partial charge in [0.15, 0.2) is 0 Å². The Kier molecular flexibility index (Phi) is 4.45. The molecule has 0 heterocycles. The van der Waals surface area contributed by atoms with Gasteiger partial charge in [-0.3, -0.25) is 4.79 Å². The highest BCUT2D eigenvalue weighted by Crippen LogP contribution is 2.07. The molecule has 2 aromatic carbocycles. The van der Waals surface area contributed by atoms with Crippen molar-refractivity contribution < 1.29 is 13.6 Å². The molecule has 0 spiro atoms. The van der Waals surface area contributed by atoms with Gasteiger partial charge in [-0.05, 0) is 55.3 Å². The zero-order chi connectivity index (χ0) is 14.5. The summed E-state index contributed by atoms with van der Waals surface area (Å²) in [6, 6.07) is 11.4. The van der Waals surface area contributed by atoms with Gasteiger partial charge in [0.1, 0.15) is 11.6 Å². The van der Waals surface area contributed by atoms with Crippen molar-refractivity contribution in [3.63, 3.8) is 0 Å². The Morgan fingerprint density at radius 2 is 1.50 bits per heavy atom. The first-order valence-corrected chi connectivity index (χ1v) is 6.35. The zero-order valence-corrected chi connectivity index (χ0v) is 11.1. The van der Waals surface area contributed by atoms with Crippen LogP contribution in [0.15, 0.2) is 48.5 Å². The van der Waals surface area contributed by atoms with Crippen molar-refractivity contribution >= 4 is 5.91 Å². The smallest absolute Gasteiger partial charge is 0.251 e. The third-order valence-corrected chi connectivity index (χ3v) is 2.94. The molecule has 1 N–H and O–H groups in total. The zero-order valence-electron chi connectivity index (χ0n) is 11.1. The van der Waals surface area contributed by atoms with Gasteiger partial charge in [0.25, 0.3) is 5.91 Å². The second kappa shape index (κ2) is 6.28. The third-order valence-electron chi connectivity index (χ3n) is 2.94. The number of nitrogens with one attached hydrogen (secondary N) is 1. The molecule has 1 unspecified atom stereocenters. The predicted molar refractivity (Wildman–Crippen MR) is 73.4 cm³/mol. The second-order valence-electron chi connectivity index (χ2n) is 4.71. The molecule has 0 aromatic heterocycles. The Morgan fingerprint density at radius 3 is 2.05 bits per heavy atom. The molecule has 0 aliphatic heterocycles. The lowest BCUT2D eigenvalue weighted by Gasteiger charge is -2.14. The van der Waals surface area contributed by atoms with Gasteiger partial charge in [0.2, 0.25) is 0 Å². The van der Waals surface area contributed by atoms with Crippen LogP contribution in [0.3, 0.4) is 0 Å². The molecule has 2 aromatic rings. The first-order chi connectivity index (χ1) is 9.54.